The molecule has 0 fully saturated rings. The van der Waals surface area contributed by atoms with Gasteiger partial charge in [-0.25, -0.2) is 8.78 Å². The van der Waals surface area contributed by atoms with Crippen LogP contribution in [0.3, 0.4) is 0 Å². The fourth-order valence-electron chi connectivity index (χ4n) is 1.64. The van der Waals surface area contributed by atoms with E-state index in [1.165, 1.54) is 24.0 Å². The van der Waals surface area contributed by atoms with E-state index in [1.54, 1.807) is 0 Å². The smallest absolute Gasteiger partial charge is 0.132 e. The predicted molar refractivity (Wildman–Crippen MR) is 58.6 cm³/mol. The lowest BCUT2D eigenvalue weighted by atomic mass is 10.1. The highest BCUT2D eigenvalue weighted by Crippen LogP contribution is 2.30. The van der Waals surface area contributed by atoms with Gasteiger partial charge in [0.05, 0.1) is 22.5 Å². The molecule has 0 aliphatic carbocycles. The van der Waals surface area contributed by atoms with Gasteiger partial charge in [0.2, 0.25) is 0 Å². The first-order chi connectivity index (χ1) is 8.02. The number of rotatable bonds is 2. The van der Waals surface area contributed by atoms with Crippen LogP contribution in [0.1, 0.15) is 17.4 Å². The third-order valence-electron chi connectivity index (χ3n) is 2.47. The van der Waals surface area contributed by atoms with Crippen LogP contribution in [-0.4, -0.2) is 14.9 Å². The molecule has 0 bridgehead atoms. The van der Waals surface area contributed by atoms with E-state index >= 15 is 0 Å². The van der Waals surface area contributed by atoms with Crippen LogP contribution in [0.2, 0.25) is 5.02 Å². The van der Waals surface area contributed by atoms with Gasteiger partial charge < -0.3 is 5.11 Å². The second kappa shape index (κ2) is 4.43. The van der Waals surface area contributed by atoms with Crippen molar-refractivity contribution < 1.29 is 13.9 Å². The van der Waals surface area contributed by atoms with E-state index in [1.807, 2.05) is 0 Å². The van der Waals surface area contributed by atoms with Gasteiger partial charge >= 0.3 is 0 Å². The lowest BCUT2D eigenvalue weighted by Gasteiger charge is -2.13. The van der Waals surface area contributed by atoms with Crippen LogP contribution in [-0.2, 0) is 7.05 Å². The van der Waals surface area contributed by atoms with E-state index in [4.69, 9.17) is 11.6 Å². The molecule has 6 heteroatoms. The zero-order chi connectivity index (χ0) is 12.6. The van der Waals surface area contributed by atoms with Gasteiger partial charge in [0.1, 0.15) is 17.7 Å². The molecule has 2 aromatic rings. The summed E-state index contributed by atoms with van der Waals surface area (Å²) in [4.78, 5) is 0. The van der Waals surface area contributed by atoms with Crippen LogP contribution in [0.25, 0.3) is 0 Å². The topological polar surface area (TPSA) is 38.0 Å². The Balaban J connectivity index is 2.55. The molecule has 1 unspecified atom stereocenters. The van der Waals surface area contributed by atoms with Gasteiger partial charge in [-0.05, 0) is 12.1 Å². The number of aryl methyl sites for hydroxylation is 1. The number of halogens is 3. The molecule has 1 N–H and O–H groups in total. The van der Waals surface area contributed by atoms with Gasteiger partial charge in [0.15, 0.2) is 0 Å². The highest BCUT2D eigenvalue weighted by Gasteiger charge is 2.24. The van der Waals surface area contributed by atoms with E-state index in [0.717, 1.165) is 12.1 Å². The van der Waals surface area contributed by atoms with Crippen LogP contribution in [0, 0.1) is 11.6 Å². The van der Waals surface area contributed by atoms with E-state index in [9.17, 15) is 13.9 Å². The molecule has 0 saturated heterocycles. The van der Waals surface area contributed by atoms with Gasteiger partial charge in [0, 0.05) is 7.05 Å². The molecule has 0 amide bonds. The highest BCUT2D eigenvalue weighted by atomic mass is 35.5. The van der Waals surface area contributed by atoms with Crippen molar-refractivity contribution >= 4 is 11.6 Å². The quantitative estimate of drug-likeness (QED) is 0.898. The lowest BCUT2D eigenvalue weighted by Crippen LogP contribution is -2.10. The number of hydrogen-bond donors (Lipinski definition) is 1. The van der Waals surface area contributed by atoms with Gasteiger partial charge in [0.25, 0.3) is 0 Å². The van der Waals surface area contributed by atoms with E-state index < -0.39 is 23.3 Å². The number of aromatic nitrogens is 2. The normalized spacial score (nSPS) is 12.8. The van der Waals surface area contributed by atoms with Crippen LogP contribution in [0.15, 0.2) is 24.4 Å². The first-order valence-electron chi connectivity index (χ1n) is 4.81. The number of aliphatic hydroxyl groups excluding tert-OH is 1. The number of nitrogens with zero attached hydrogens (tertiary/aromatic N) is 2. The second-order valence-corrected chi connectivity index (χ2v) is 3.95. The van der Waals surface area contributed by atoms with Crippen molar-refractivity contribution in [2.24, 2.45) is 7.05 Å². The molecule has 0 aliphatic heterocycles. The maximum atomic E-state index is 13.5. The summed E-state index contributed by atoms with van der Waals surface area (Å²) < 4.78 is 28.2. The SMILES string of the molecule is Cn1ncc(Cl)c1C(O)c1c(F)cccc1F. The molecule has 2 rings (SSSR count). The van der Waals surface area contributed by atoms with E-state index in [-0.39, 0.29) is 10.7 Å². The Kier molecular flexibility index (Phi) is 3.13. The van der Waals surface area contributed by atoms with Crippen molar-refractivity contribution in [3.8, 4) is 0 Å². The summed E-state index contributed by atoms with van der Waals surface area (Å²) in [5.74, 6) is -1.65. The third-order valence-corrected chi connectivity index (χ3v) is 2.76. The summed E-state index contributed by atoms with van der Waals surface area (Å²) >= 11 is 5.81. The van der Waals surface area contributed by atoms with Gasteiger partial charge in [-0.1, -0.05) is 17.7 Å². The molecular formula is C11H9ClF2N2O. The summed E-state index contributed by atoms with van der Waals surface area (Å²) in [5, 5.41) is 13.9. The minimum atomic E-state index is -1.49. The molecule has 1 heterocycles. The van der Waals surface area contributed by atoms with Crippen molar-refractivity contribution in [3.05, 3.63) is 52.3 Å². The maximum Gasteiger partial charge on any atom is 0.132 e. The Bertz CT molecular complexity index is 517. The molecule has 0 saturated carbocycles. The number of aliphatic hydroxyl groups is 1. The van der Waals surface area contributed by atoms with Crippen LogP contribution < -0.4 is 0 Å². The average Bonchev–Trinajstić information content (AvgIpc) is 2.58. The number of benzene rings is 1. The van der Waals surface area contributed by atoms with Crippen molar-refractivity contribution in [2.75, 3.05) is 0 Å². The van der Waals surface area contributed by atoms with Crippen LogP contribution >= 0.6 is 11.6 Å². The molecule has 3 nitrogen and oxygen atoms in total. The molecule has 17 heavy (non-hydrogen) atoms. The van der Waals surface area contributed by atoms with Crippen molar-refractivity contribution in [1.29, 1.82) is 0 Å². The molecule has 1 aromatic carbocycles. The Morgan fingerprint density at radius 1 is 1.35 bits per heavy atom. The first kappa shape index (κ1) is 12.0. The van der Waals surface area contributed by atoms with Gasteiger partial charge in [-0.3, -0.25) is 4.68 Å². The Morgan fingerprint density at radius 2 is 1.94 bits per heavy atom. The zero-order valence-corrected chi connectivity index (χ0v) is 9.62. The second-order valence-electron chi connectivity index (χ2n) is 3.54. The summed E-state index contributed by atoms with van der Waals surface area (Å²) in [6, 6.07) is 3.38. The minimum absolute atomic E-state index is 0.149. The molecule has 1 atom stereocenters. The van der Waals surface area contributed by atoms with Crippen LogP contribution in [0.4, 0.5) is 8.78 Å². The highest BCUT2D eigenvalue weighted by molar-refractivity contribution is 6.31. The molecule has 90 valence electrons. The lowest BCUT2D eigenvalue weighted by molar-refractivity contribution is 0.199. The van der Waals surface area contributed by atoms with E-state index in [2.05, 4.69) is 5.10 Å². The zero-order valence-electron chi connectivity index (χ0n) is 8.86. The summed E-state index contributed by atoms with van der Waals surface area (Å²) in [5.41, 5.74) is -0.284. The van der Waals surface area contributed by atoms with Gasteiger partial charge in [-0.2, -0.15) is 5.10 Å². The predicted octanol–water partition coefficient (Wildman–Crippen LogP) is 2.43. The van der Waals surface area contributed by atoms with Crippen molar-refractivity contribution in [3.63, 3.8) is 0 Å². The Morgan fingerprint density at radius 3 is 2.41 bits per heavy atom. The van der Waals surface area contributed by atoms with Gasteiger partial charge in [-0.15, -0.1) is 0 Å². The molecular weight excluding hydrogens is 250 g/mol. The Labute approximate surface area is 101 Å². The third kappa shape index (κ3) is 2.03. The maximum absolute atomic E-state index is 13.5. The first-order valence-corrected chi connectivity index (χ1v) is 5.19. The summed E-state index contributed by atoms with van der Waals surface area (Å²) in [6.45, 7) is 0. The molecule has 0 spiro atoms. The average molecular weight is 259 g/mol. The minimum Gasteiger partial charge on any atom is -0.382 e. The molecule has 1 aromatic heterocycles. The monoisotopic (exact) mass is 258 g/mol. The summed E-state index contributed by atoms with van der Waals surface area (Å²) in [6.07, 6.45) is -0.185. The molecule has 0 aliphatic rings. The van der Waals surface area contributed by atoms with Crippen molar-refractivity contribution in [2.45, 2.75) is 6.10 Å². The summed E-state index contributed by atoms with van der Waals surface area (Å²) in [7, 11) is 1.53. The molecule has 0 radical (unpaired) electrons. The Hall–Kier alpha value is -1.46. The number of hydrogen-bond acceptors (Lipinski definition) is 2. The van der Waals surface area contributed by atoms with Crippen molar-refractivity contribution in [1.82, 2.24) is 9.78 Å². The fraction of sp³-hybridized carbons (Fsp3) is 0.182. The van der Waals surface area contributed by atoms with Crippen LogP contribution in [0.5, 0.6) is 0 Å². The largest absolute Gasteiger partial charge is 0.382 e. The fourth-order valence-corrected chi connectivity index (χ4v) is 1.91. The standard InChI is InChI=1S/C11H9ClF2N2O/c1-16-10(6(12)5-15-16)11(17)9-7(13)3-2-4-8(9)14/h2-5,11,17H,1H3. The van der Waals surface area contributed by atoms with E-state index in [0.29, 0.717) is 0 Å².